The molecule has 0 unspecified atom stereocenters. The van der Waals surface area contributed by atoms with Crippen molar-refractivity contribution in [1.82, 2.24) is 9.55 Å². The van der Waals surface area contributed by atoms with E-state index in [0.717, 1.165) is 10.4 Å². The zero-order chi connectivity index (χ0) is 20.4. The molecule has 4 aromatic rings. The van der Waals surface area contributed by atoms with Gasteiger partial charge in [0.05, 0.1) is 20.6 Å². The van der Waals surface area contributed by atoms with Crippen LogP contribution in [0.15, 0.2) is 77.7 Å². The molecule has 0 fully saturated rings. The Morgan fingerprint density at radius 1 is 1.03 bits per heavy atom. The molecule has 0 atom stereocenters. The Morgan fingerprint density at radius 2 is 1.83 bits per heavy atom. The average molecular weight is 441 g/mol. The molecule has 7 heteroatoms. The van der Waals surface area contributed by atoms with Gasteiger partial charge in [0, 0.05) is 16.8 Å². The van der Waals surface area contributed by atoms with Crippen LogP contribution >= 0.6 is 34.5 Å². The number of aromatic amines is 1. The standard InChI is InChI=1S/C22H14Cl2N2O2S/c23-16-7-4-14(5-8-16)6-9-19(27)15-2-1-3-17(12-15)26-13-18(25-22(26)28)20-10-11-21(24)29-20/h1-13H,(H,25,28)/b9-6+. The number of carbonyl (C=O) groups excluding carboxylic acids is 1. The maximum Gasteiger partial charge on any atom is 0.330 e. The summed E-state index contributed by atoms with van der Waals surface area (Å²) in [6.07, 6.45) is 4.94. The second-order valence-corrected chi connectivity index (χ2v) is 8.40. The van der Waals surface area contributed by atoms with Crippen molar-refractivity contribution in [3.63, 3.8) is 0 Å². The van der Waals surface area contributed by atoms with Crippen LogP contribution in [-0.4, -0.2) is 15.3 Å². The lowest BCUT2D eigenvalue weighted by Crippen LogP contribution is -2.14. The number of nitrogens with one attached hydrogen (secondary N) is 1. The van der Waals surface area contributed by atoms with Crippen LogP contribution in [0, 0.1) is 0 Å². The van der Waals surface area contributed by atoms with Crippen molar-refractivity contribution in [3.05, 3.63) is 104 Å². The summed E-state index contributed by atoms with van der Waals surface area (Å²) in [6, 6.07) is 17.8. The summed E-state index contributed by atoms with van der Waals surface area (Å²) < 4.78 is 2.12. The van der Waals surface area contributed by atoms with Gasteiger partial charge >= 0.3 is 5.69 Å². The number of aromatic nitrogens is 2. The van der Waals surface area contributed by atoms with E-state index in [4.69, 9.17) is 23.2 Å². The lowest BCUT2D eigenvalue weighted by Gasteiger charge is -2.03. The molecule has 29 heavy (non-hydrogen) atoms. The number of ketones is 1. The Bertz CT molecular complexity index is 1270. The van der Waals surface area contributed by atoms with E-state index in [1.807, 2.05) is 18.2 Å². The van der Waals surface area contributed by atoms with E-state index in [1.54, 1.807) is 54.7 Å². The normalized spacial score (nSPS) is 11.2. The predicted octanol–water partition coefficient (Wildman–Crippen LogP) is 6.10. The Kier molecular flexibility index (Phi) is 5.53. The molecular formula is C22H14Cl2N2O2S. The first-order valence-electron chi connectivity index (χ1n) is 8.65. The molecule has 0 amide bonds. The molecule has 4 rings (SSSR count). The van der Waals surface area contributed by atoms with E-state index < -0.39 is 0 Å². The number of hydrogen-bond acceptors (Lipinski definition) is 3. The Labute approximate surface area is 180 Å². The first kappa shape index (κ1) is 19.5. The minimum atomic E-state index is -0.286. The van der Waals surface area contributed by atoms with Crippen molar-refractivity contribution < 1.29 is 4.79 Å². The third-order valence-electron chi connectivity index (χ3n) is 4.26. The number of benzene rings is 2. The van der Waals surface area contributed by atoms with Gasteiger partial charge in [0.2, 0.25) is 0 Å². The molecule has 0 aliphatic rings. The minimum absolute atomic E-state index is 0.157. The lowest BCUT2D eigenvalue weighted by atomic mass is 10.1. The Hall–Kier alpha value is -2.86. The number of halogens is 2. The smallest absolute Gasteiger partial charge is 0.305 e. The number of imidazole rings is 1. The molecule has 144 valence electrons. The summed E-state index contributed by atoms with van der Waals surface area (Å²) in [4.78, 5) is 28.7. The van der Waals surface area contributed by atoms with Crippen LogP contribution in [0.4, 0.5) is 0 Å². The predicted molar refractivity (Wildman–Crippen MR) is 120 cm³/mol. The van der Waals surface area contributed by atoms with Crippen LogP contribution < -0.4 is 5.69 Å². The molecule has 0 bridgehead atoms. The van der Waals surface area contributed by atoms with Crippen LogP contribution in [0.5, 0.6) is 0 Å². The molecule has 2 heterocycles. The molecule has 0 saturated heterocycles. The fourth-order valence-electron chi connectivity index (χ4n) is 2.82. The molecular weight excluding hydrogens is 427 g/mol. The fourth-order valence-corrected chi connectivity index (χ4v) is 3.96. The third kappa shape index (κ3) is 4.43. The van der Waals surface area contributed by atoms with Crippen molar-refractivity contribution in [2.75, 3.05) is 0 Å². The zero-order valence-corrected chi connectivity index (χ0v) is 17.3. The van der Waals surface area contributed by atoms with Gasteiger partial charge in [0.15, 0.2) is 5.78 Å². The number of hydrogen-bond donors (Lipinski definition) is 1. The van der Waals surface area contributed by atoms with Crippen LogP contribution in [0.2, 0.25) is 9.36 Å². The van der Waals surface area contributed by atoms with E-state index in [2.05, 4.69) is 4.98 Å². The first-order chi connectivity index (χ1) is 14.0. The molecule has 4 nitrogen and oxygen atoms in total. The molecule has 2 aromatic carbocycles. The van der Waals surface area contributed by atoms with Gasteiger partial charge in [-0.1, -0.05) is 53.5 Å². The SMILES string of the molecule is O=C(/C=C/c1ccc(Cl)cc1)c1cccc(-n2cc(-c3ccc(Cl)s3)[nH]c2=O)c1. The quantitative estimate of drug-likeness (QED) is 0.301. The van der Waals surface area contributed by atoms with E-state index in [-0.39, 0.29) is 11.5 Å². The van der Waals surface area contributed by atoms with Gasteiger partial charge in [0.25, 0.3) is 0 Å². The van der Waals surface area contributed by atoms with E-state index >= 15 is 0 Å². The van der Waals surface area contributed by atoms with Gasteiger partial charge in [-0.25, -0.2) is 4.79 Å². The number of allylic oxidation sites excluding steroid dienone is 1. The number of thiophene rings is 1. The topological polar surface area (TPSA) is 54.9 Å². The maximum absolute atomic E-state index is 12.6. The number of H-pyrrole nitrogens is 1. The summed E-state index contributed by atoms with van der Waals surface area (Å²) in [5, 5.41) is 0.641. The summed E-state index contributed by atoms with van der Waals surface area (Å²) >= 11 is 13.2. The highest BCUT2D eigenvalue weighted by atomic mass is 35.5. The highest BCUT2D eigenvalue weighted by Gasteiger charge is 2.11. The largest absolute Gasteiger partial charge is 0.330 e. The molecule has 0 spiro atoms. The highest BCUT2D eigenvalue weighted by Crippen LogP contribution is 2.29. The van der Waals surface area contributed by atoms with Crippen molar-refractivity contribution in [1.29, 1.82) is 0 Å². The van der Waals surface area contributed by atoms with E-state index in [0.29, 0.717) is 26.3 Å². The van der Waals surface area contributed by atoms with Crippen LogP contribution in [0.3, 0.4) is 0 Å². The Morgan fingerprint density at radius 3 is 2.55 bits per heavy atom. The maximum atomic E-state index is 12.6. The van der Waals surface area contributed by atoms with Crippen molar-refractivity contribution in [2.45, 2.75) is 0 Å². The first-order valence-corrected chi connectivity index (χ1v) is 10.2. The van der Waals surface area contributed by atoms with Crippen LogP contribution in [-0.2, 0) is 0 Å². The lowest BCUT2D eigenvalue weighted by molar-refractivity contribution is 0.104. The number of carbonyl (C=O) groups is 1. The zero-order valence-electron chi connectivity index (χ0n) is 14.9. The third-order valence-corrected chi connectivity index (χ3v) is 5.78. The van der Waals surface area contributed by atoms with Gasteiger partial charge in [-0.15, -0.1) is 11.3 Å². The molecule has 0 radical (unpaired) electrons. The number of rotatable bonds is 5. The van der Waals surface area contributed by atoms with Crippen molar-refractivity contribution in [2.24, 2.45) is 0 Å². The fraction of sp³-hybridized carbons (Fsp3) is 0. The second kappa shape index (κ2) is 8.25. The van der Waals surface area contributed by atoms with Crippen LogP contribution in [0.1, 0.15) is 15.9 Å². The average Bonchev–Trinajstić information content (AvgIpc) is 3.33. The van der Waals surface area contributed by atoms with Gasteiger partial charge < -0.3 is 4.98 Å². The number of nitrogens with zero attached hydrogens (tertiary/aromatic N) is 1. The van der Waals surface area contributed by atoms with Gasteiger partial charge in [-0.05, 0) is 48.0 Å². The van der Waals surface area contributed by atoms with Crippen molar-refractivity contribution >= 4 is 46.4 Å². The van der Waals surface area contributed by atoms with Gasteiger partial charge in [-0.3, -0.25) is 9.36 Å². The second-order valence-electron chi connectivity index (χ2n) is 6.25. The minimum Gasteiger partial charge on any atom is -0.305 e. The highest BCUT2D eigenvalue weighted by molar-refractivity contribution is 7.19. The summed E-state index contributed by atoms with van der Waals surface area (Å²) in [5.41, 5.74) is 2.35. The Balaban J connectivity index is 1.60. The molecule has 1 N–H and O–H groups in total. The van der Waals surface area contributed by atoms with E-state index in [1.165, 1.54) is 22.0 Å². The summed E-state index contributed by atoms with van der Waals surface area (Å²) in [7, 11) is 0. The van der Waals surface area contributed by atoms with Crippen LogP contribution in [0.25, 0.3) is 22.3 Å². The van der Waals surface area contributed by atoms with Gasteiger partial charge in [-0.2, -0.15) is 0 Å². The van der Waals surface area contributed by atoms with Gasteiger partial charge in [0.1, 0.15) is 0 Å². The molecule has 0 saturated carbocycles. The monoisotopic (exact) mass is 440 g/mol. The molecule has 0 aliphatic heterocycles. The molecule has 2 aromatic heterocycles. The van der Waals surface area contributed by atoms with E-state index in [9.17, 15) is 9.59 Å². The molecule has 0 aliphatic carbocycles. The summed E-state index contributed by atoms with van der Waals surface area (Å²) in [5.74, 6) is -0.157. The van der Waals surface area contributed by atoms with Crippen molar-refractivity contribution in [3.8, 4) is 16.3 Å². The summed E-state index contributed by atoms with van der Waals surface area (Å²) in [6.45, 7) is 0.